The van der Waals surface area contributed by atoms with Gasteiger partial charge in [-0.3, -0.25) is 19.7 Å². The average molecular weight is 592 g/mol. The number of amides is 3. The number of aromatic nitrogens is 1. The van der Waals surface area contributed by atoms with Gasteiger partial charge in [0.2, 0.25) is 0 Å². The van der Waals surface area contributed by atoms with E-state index in [4.69, 9.17) is 23.2 Å². The molecular weight excluding hydrogens is 567 g/mol. The van der Waals surface area contributed by atoms with Crippen molar-refractivity contribution in [2.45, 2.75) is 26.2 Å². The fourth-order valence-corrected chi connectivity index (χ4v) is 5.23. The van der Waals surface area contributed by atoms with Crippen molar-refractivity contribution in [2.24, 2.45) is 0 Å². The molecule has 4 aromatic rings. The van der Waals surface area contributed by atoms with Crippen molar-refractivity contribution in [3.63, 3.8) is 0 Å². The van der Waals surface area contributed by atoms with Gasteiger partial charge in [0.05, 0.1) is 11.4 Å². The molecule has 0 saturated carbocycles. The largest absolute Gasteiger partial charge is 0.350 e. The predicted molar refractivity (Wildman–Crippen MR) is 161 cm³/mol. The summed E-state index contributed by atoms with van der Waals surface area (Å²) < 4.78 is 0. The lowest BCUT2D eigenvalue weighted by molar-refractivity contribution is -0.120. The highest BCUT2D eigenvalue weighted by atomic mass is 35.5. The van der Waals surface area contributed by atoms with Crippen molar-refractivity contribution >= 4 is 68.8 Å². The number of unbranched alkanes of at least 4 members (excludes halogenated alkanes) is 1. The summed E-state index contributed by atoms with van der Waals surface area (Å²) in [6, 6.07) is 21.1. The minimum Gasteiger partial charge on any atom is -0.350 e. The minimum atomic E-state index is -0.607. The number of hydrogen-bond donors (Lipinski definition) is 2. The third-order valence-electron chi connectivity index (χ3n) is 6.30. The van der Waals surface area contributed by atoms with Crippen LogP contribution in [0, 0.1) is 0 Å². The van der Waals surface area contributed by atoms with Gasteiger partial charge in [0.25, 0.3) is 17.7 Å². The molecule has 0 spiro atoms. The van der Waals surface area contributed by atoms with Crippen molar-refractivity contribution in [1.29, 1.82) is 0 Å². The lowest BCUT2D eigenvalue weighted by Gasteiger charge is -2.16. The number of halogens is 2. The zero-order valence-electron chi connectivity index (χ0n) is 21.4. The van der Waals surface area contributed by atoms with Crippen LogP contribution in [0.4, 0.5) is 16.5 Å². The van der Waals surface area contributed by atoms with Crippen molar-refractivity contribution in [2.75, 3.05) is 15.5 Å². The Bertz CT molecular complexity index is 1610. The van der Waals surface area contributed by atoms with Crippen LogP contribution in [-0.2, 0) is 16.0 Å². The number of carbonyl (C=O) groups excluding carboxylic acids is 3. The van der Waals surface area contributed by atoms with Crippen LogP contribution in [0.2, 0.25) is 5.02 Å². The first-order valence-corrected chi connectivity index (χ1v) is 14.2. The Morgan fingerprint density at radius 2 is 1.73 bits per heavy atom. The van der Waals surface area contributed by atoms with E-state index < -0.39 is 11.8 Å². The van der Waals surface area contributed by atoms with Crippen LogP contribution in [-0.4, -0.2) is 22.7 Å². The van der Waals surface area contributed by atoms with E-state index in [1.807, 2.05) is 29.6 Å². The van der Waals surface area contributed by atoms with Gasteiger partial charge in [0.1, 0.15) is 10.7 Å². The van der Waals surface area contributed by atoms with Gasteiger partial charge in [0, 0.05) is 27.2 Å². The van der Waals surface area contributed by atoms with Gasteiger partial charge in [-0.15, -0.1) is 11.3 Å². The first kappa shape index (κ1) is 27.6. The molecule has 2 heterocycles. The van der Waals surface area contributed by atoms with Gasteiger partial charge in [-0.05, 0) is 60.9 Å². The van der Waals surface area contributed by atoms with E-state index >= 15 is 0 Å². The molecule has 5 rings (SSSR count). The zero-order valence-corrected chi connectivity index (χ0v) is 23.7. The minimum absolute atomic E-state index is 0.0492. The fourth-order valence-electron chi connectivity index (χ4n) is 4.17. The second-order valence-electron chi connectivity index (χ2n) is 9.11. The van der Waals surface area contributed by atoms with Gasteiger partial charge in [-0.1, -0.05) is 66.9 Å². The van der Waals surface area contributed by atoms with Crippen LogP contribution >= 0.6 is 34.5 Å². The van der Waals surface area contributed by atoms with Gasteiger partial charge in [-0.2, -0.15) is 0 Å². The third kappa shape index (κ3) is 5.94. The Morgan fingerprint density at radius 3 is 2.45 bits per heavy atom. The first-order valence-electron chi connectivity index (χ1n) is 12.6. The van der Waals surface area contributed by atoms with Crippen molar-refractivity contribution in [3.05, 3.63) is 105 Å². The highest BCUT2D eigenvalue weighted by Crippen LogP contribution is 2.31. The van der Waals surface area contributed by atoms with Crippen LogP contribution < -0.4 is 15.5 Å². The quantitative estimate of drug-likeness (QED) is 0.197. The number of benzene rings is 3. The van der Waals surface area contributed by atoms with Crippen LogP contribution in [0.5, 0.6) is 0 Å². The molecule has 40 heavy (non-hydrogen) atoms. The second kappa shape index (κ2) is 12.0. The number of thiazole rings is 1. The Morgan fingerprint density at radius 1 is 0.975 bits per heavy atom. The molecule has 0 atom stereocenters. The van der Waals surface area contributed by atoms with Crippen molar-refractivity contribution in [3.8, 4) is 11.3 Å². The molecular formula is C30H24Cl2N4O3S. The molecule has 0 unspecified atom stereocenters. The lowest BCUT2D eigenvalue weighted by Crippen LogP contribution is -2.32. The van der Waals surface area contributed by atoms with E-state index in [2.05, 4.69) is 22.5 Å². The molecule has 3 amide bonds. The van der Waals surface area contributed by atoms with E-state index in [-0.39, 0.29) is 16.6 Å². The van der Waals surface area contributed by atoms with Gasteiger partial charge < -0.3 is 5.32 Å². The summed E-state index contributed by atoms with van der Waals surface area (Å²) in [6.45, 7) is 2.12. The average Bonchev–Trinajstić information content (AvgIpc) is 3.51. The maximum absolute atomic E-state index is 13.2. The summed E-state index contributed by atoms with van der Waals surface area (Å²) in [5.41, 5.74) is 3.90. The molecule has 2 N–H and O–H groups in total. The van der Waals surface area contributed by atoms with Gasteiger partial charge in [-0.25, -0.2) is 9.88 Å². The summed E-state index contributed by atoms with van der Waals surface area (Å²) in [7, 11) is 0. The van der Waals surface area contributed by atoms with Crippen LogP contribution in [0.1, 0.15) is 35.7 Å². The Balaban J connectivity index is 1.27. The number of nitrogens with one attached hydrogen (secondary N) is 2. The molecule has 1 aliphatic rings. The normalized spacial score (nSPS) is 13.2. The monoisotopic (exact) mass is 590 g/mol. The van der Waals surface area contributed by atoms with Gasteiger partial charge >= 0.3 is 0 Å². The van der Waals surface area contributed by atoms with Crippen molar-refractivity contribution in [1.82, 2.24) is 4.98 Å². The van der Waals surface area contributed by atoms with Crippen LogP contribution in [0.15, 0.2) is 88.9 Å². The summed E-state index contributed by atoms with van der Waals surface area (Å²) >= 11 is 13.6. The maximum Gasteiger partial charge on any atom is 0.283 e. The third-order valence-corrected chi connectivity index (χ3v) is 7.66. The summed E-state index contributed by atoms with van der Waals surface area (Å²) in [4.78, 5) is 44.5. The number of nitrogens with zero attached hydrogens (tertiary/aromatic N) is 2. The number of anilines is 3. The predicted octanol–water partition coefficient (Wildman–Crippen LogP) is 7.49. The molecule has 0 radical (unpaired) electrons. The lowest BCUT2D eigenvalue weighted by atomic mass is 10.1. The SMILES string of the molecule is CCCCc1ccc(N2C(=O)C(Cl)=C(Nc3cccc(C(=O)Nc4nc(-c5ccc(Cl)cc5)cs4)c3)C2=O)cc1. The molecule has 1 aromatic heterocycles. The summed E-state index contributed by atoms with van der Waals surface area (Å²) in [5.74, 6) is -1.55. The molecule has 3 aromatic carbocycles. The Hall–Kier alpha value is -3.98. The number of carbonyl (C=O) groups is 3. The molecule has 0 fully saturated rings. The van der Waals surface area contributed by atoms with E-state index in [1.165, 1.54) is 11.3 Å². The van der Waals surface area contributed by atoms with E-state index in [0.29, 0.717) is 27.1 Å². The number of hydrogen-bond acceptors (Lipinski definition) is 6. The highest BCUT2D eigenvalue weighted by molar-refractivity contribution is 7.14. The number of rotatable bonds is 9. The molecule has 10 heteroatoms. The molecule has 0 saturated heterocycles. The number of aryl methyl sites for hydroxylation is 1. The summed E-state index contributed by atoms with van der Waals surface area (Å²) in [6.07, 6.45) is 3.08. The second-order valence-corrected chi connectivity index (χ2v) is 10.8. The maximum atomic E-state index is 13.2. The smallest absolute Gasteiger partial charge is 0.283 e. The number of imide groups is 1. The fraction of sp³-hybridized carbons (Fsp3) is 0.133. The molecule has 202 valence electrons. The molecule has 0 bridgehead atoms. The van der Waals surface area contributed by atoms with E-state index in [0.717, 1.165) is 41.0 Å². The molecule has 7 nitrogen and oxygen atoms in total. The van der Waals surface area contributed by atoms with E-state index in [1.54, 1.807) is 48.5 Å². The highest BCUT2D eigenvalue weighted by Gasteiger charge is 2.39. The van der Waals surface area contributed by atoms with Crippen LogP contribution in [0.25, 0.3) is 11.3 Å². The van der Waals surface area contributed by atoms with Crippen LogP contribution in [0.3, 0.4) is 0 Å². The zero-order chi connectivity index (χ0) is 28.2. The molecule has 0 aliphatic carbocycles. The molecule has 1 aliphatic heterocycles. The Kier molecular flexibility index (Phi) is 8.30. The van der Waals surface area contributed by atoms with Crippen molar-refractivity contribution < 1.29 is 14.4 Å². The Labute approximate surface area is 245 Å². The van der Waals surface area contributed by atoms with E-state index in [9.17, 15) is 14.4 Å². The summed E-state index contributed by atoms with van der Waals surface area (Å²) in [5, 5.41) is 8.43. The topological polar surface area (TPSA) is 91.4 Å². The van der Waals surface area contributed by atoms with Gasteiger partial charge in [0.15, 0.2) is 5.13 Å². The first-order chi connectivity index (χ1) is 19.3. The standard InChI is InChI=1S/C30H24Cl2N4O3S/c1-2-3-5-18-8-14-23(15-9-18)36-28(38)25(32)26(29(36)39)33-22-7-4-6-20(16-22)27(37)35-30-34-24(17-40-30)19-10-12-21(31)13-11-19/h4,6-17,33H,2-3,5H2,1H3,(H,34,35,37).